The van der Waals surface area contributed by atoms with Crippen molar-refractivity contribution in [3.05, 3.63) is 34.6 Å². The molecule has 0 spiro atoms. The molecule has 1 unspecified atom stereocenters. The molecule has 2 bridgehead atoms. The Labute approximate surface area is 160 Å². The van der Waals surface area contributed by atoms with Crippen molar-refractivity contribution in [2.45, 2.75) is 49.5 Å². The molecule has 9 nitrogen and oxygen atoms in total. The monoisotopic (exact) mass is 389 g/mol. The summed E-state index contributed by atoms with van der Waals surface area (Å²) in [6.07, 6.45) is 0.225. The number of aliphatic hydroxyl groups is 1. The summed E-state index contributed by atoms with van der Waals surface area (Å²) >= 11 is 0. The second kappa shape index (κ2) is 6.75. The van der Waals surface area contributed by atoms with Crippen molar-refractivity contribution in [2.75, 3.05) is 13.7 Å². The molecule has 3 aliphatic rings. The molecule has 1 aliphatic carbocycles. The molecule has 2 saturated heterocycles. The van der Waals surface area contributed by atoms with E-state index in [2.05, 4.69) is 10.3 Å². The van der Waals surface area contributed by atoms with Crippen LogP contribution in [0.4, 0.5) is 4.79 Å². The van der Waals surface area contributed by atoms with Crippen LogP contribution >= 0.6 is 0 Å². The van der Waals surface area contributed by atoms with E-state index in [1.165, 1.54) is 17.7 Å². The third kappa shape index (κ3) is 3.10. The van der Waals surface area contributed by atoms with Crippen molar-refractivity contribution in [1.82, 2.24) is 14.9 Å². The van der Waals surface area contributed by atoms with Crippen molar-refractivity contribution < 1.29 is 24.5 Å². The molecule has 2 aliphatic heterocycles. The van der Waals surface area contributed by atoms with Gasteiger partial charge in [-0.2, -0.15) is 4.98 Å². The van der Waals surface area contributed by atoms with Gasteiger partial charge in [-0.1, -0.05) is 0 Å². The van der Waals surface area contributed by atoms with Crippen molar-refractivity contribution in [1.29, 1.82) is 0 Å². The smallest absolute Gasteiger partial charge is 0.405 e. The lowest BCUT2D eigenvalue weighted by Gasteiger charge is -2.54. The molecule has 5 rings (SSSR count). The molecule has 3 N–H and O–H groups in total. The van der Waals surface area contributed by atoms with Gasteiger partial charge >= 0.3 is 6.09 Å². The maximum atomic E-state index is 12.5. The van der Waals surface area contributed by atoms with E-state index in [0.717, 1.165) is 5.39 Å². The molecule has 1 saturated carbocycles. The summed E-state index contributed by atoms with van der Waals surface area (Å²) in [4.78, 5) is 27.9. The second-order valence-corrected chi connectivity index (χ2v) is 7.63. The number of pyridine rings is 2. The molecule has 1 atom stereocenters. The number of hydrogen-bond donors (Lipinski definition) is 3. The third-order valence-corrected chi connectivity index (χ3v) is 6.04. The number of nitrogens with zero attached hydrogens (tertiary/aromatic N) is 2. The highest BCUT2D eigenvalue weighted by Gasteiger charge is 2.53. The Balaban J connectivity index is 1.60. The van der Waals surface area contributed by atoms with Gasteiger partial charge in [0.1, 0.15) is 11.8 Å². The fourth-order valence-corrected chi connectivity index (χ4v) is 4.31. The fourth-order valence-electron chi connectivity index (χ4n) is 4.31. The molecule has 1 amide bonds. The average molecular weight is 389 g/mol. The highest BCUT2D eigenvalue weighted by atomic mass is 16.5. The number of methoxy groups -OCH3 is 1. The van der Waals surface area contributed by atoms with E-state index < -0.39 is 23.3 Å². The minimum Gasteiger partial charge on any atom is -0.481 e. The van der Waals surface area contributed by atoms with Gasteiger partial charge in [-0.15, -0.1) is 0 Å². The average Bonchev–Trinajstić information content (AvgIpc) is 2.70. The Kier molecular flexibility index (Phi) is 4.51. The van der Waals surface area contributed by atoms with Crippen molar-refractivity contribution in [3.8, 4) is 5.88 Å². The lowest BCUT2D eigenvalue weighted by Crippen LogP contribution is -2.66. The van der Waals surface area contributed by atoms with Gasteiger partial charge in [0.05, 0.1) is 31.4 Å². The molecule has 4 heterocycles. The molecule has 9 heteroatoms. The zero-order valence-corrected chi connectivity index (χ0v) is 15.6. The molecule has 2 aromatic heterocycles. The Morgan fingerprint density at radius 3 is 2.64 bits per heavy atom. The number of carbonyl (C=O) groups is 1. The highest BCUT2D eigenvalue weighted by Crippen LogP contribution is 2.45. The van der Waals surface area contributed by atoms with E-state index in [1.54, 1.807) is 12.1 Å². The minimum atomic E-state index is -1.07. The van der Waals surface area contributed by atoms with Crippen LogP contribution in [0.1, 0.15) is 25.7 Å². The van der Waals surface area contributed by atoms with E-state index in [0.29, 0.717) is 37.2 Å². The maximum Gasteiger partial charge on any atom is 0.405 e. The molecule has 2 aromatic rings. The lowest BCUT2D eigenvalue weighted by atomic mass is 9.69. The summed E-state index contributed by atoms with van der Waals surface area (Å²) in [5, 5.41) is 23.4. The first-order chi connectivity index (χ1) is 13.4. The first-order valence-corrected chi connectivity index (χ1v) is 9.24. The Morgan fingerprint density at radius 2 is 2.04 bits per heavy atom. The highest BCUT2D eigenvalue weighted by molar-refractivity contribution is 5.75. The standard InChI is InChI=1S/C19H23N3O6/c1-27-14-4-2-12-3-5-15(24)22(16(12)20-14)10-13(23)19-8-6-18(7-9-19,11-28-19)21-17(25)26/h2-5,13,21,23H,6-11H2,1H3,(H,25,26). The van der Waals surface area contributed by atoms with Crippen LogP contribution in [0.5, 0.6) is 5.88 Å². The van der Waals surface area contributed by atoms with Crippen LogP contribution in [0.15, 0.2) is 29.1 Å². The van der Waals surface area contributed by atoms with Gasteiger partial charge in [-0.05, 0) is 37.8 Å². The molecule has 3 fully saturated rings. The molecule has 0 aromatic carbocycles. The summed E-state index contributed by atoms with van der Waals surface area (Å²) in [7, 11) is 1.50. The van der Waals surface area contributed by atoms with E-state index in [9.17, 15) is 14.7 Å². The Hall–Kier alpha value is -2.65. The predicted octanol–water partition coefficient (Wildman–Crippen LogP) is 1.12. The number of carboxylic acid groups (broad SMARTS) is 1. The largest absolute Gasteiger partial charge is 0.481 e. The summed E-state index contributed by atoms with van der Waals surface area (Å²) in [6.45, 7) is 0.253. The summed E-state index contributed by atoms with van der Waals surface area (Å²) in [6, 6.07) is 6.66. The van der Waals surface area contributed by atoms with Crippen LogP contribution in [0.2, 0.25) is 0 Å². The van der Waals surface area contributed by atoms with Gasteiger partial charge in [-0.25, -0.2) is 4.79 Å². The van der Waals surface area contributed by atoms with Crippen LogP contribution in [0.25, 0.3) is 11.0 Å². The van der Waals surface area contributed by atoms with Gasteiger partial charge in [0.25, 0.3) is 5.56 Å². The van der Waals surface area contributed by atoms with E-state index >= 15 is 0 Å². The fraction of sp³-hybridized carbons (Fsp3) is 0.526. The van der Waals surface area contributed by atoms with Crippen LogP contribution in [-0.2, 0) is 11.3 Å². The number of aliphatic hydroxyl groups excluding tert-OH is 1. The number of hydrogen-bond acceptors (Lipinski definition) is 6. The summed E-state index contributed by atoms with van der Waals surface area (Å²) < 4.78 is 12.6. The number of amides is 1. The minimum absolute atomic E-state index is 0.0374. The molecular weight excluding hydrogens is 366 g/mol. The number of ether oxygens (including phenoxy) is 2. The van der Waals surface area contributed by atoms with Gasteiger partial charge < -0.3 is 25.0 Å². The van der Waals surface area contributed by atoms with E-state index in [-0.39, 0.29) is 18.7 Å². The Bertz CT molecular complexity index is 947. The maximum absolute atomic E-state index is 12.5. The normalized spacial score (nSPS) is 27.5. The van der Waals surface area contributed by atoms with Crippen molar-refractivity contribution in [3.63, 3.8) is 0 Å². The topological polar surface area (TPSA) is 123 Å². The van der Waals surface area contributed by atoms with Crippen LogP contribution in [-0.4, -0.2) is 56.8 Å². The summed E-state index contributed by atoms with van der Waals surface area (Å²) in [5.74, 6) is 0.385. The number of rotatable bonds is 5. The zero-order valence-electron chi connectivity index (χ0n) is 15.6. The van der Waals surface area contributed by atoms with Crippen molar-refractivity contribution >= 4 is 17.1 Å². The van der Waals surface area contributed by atoms with Crippen LogP contribution < -0.4 is 15.6 Å². The third-order valence-electron chi connectivity index (χ3n) is 6.04. The Morgan fingerprint density at radius 1 is 1.32 bits per heavy atom. The quantitative estimate of drug-likeness (QED) is 0.700. The lowest BCUT2D eigenvalue weighted by molar-refractivity contribution is -0.209. The van der Waals surface area contributed by atoms with Crippen LogP contribution in [0, 0.1) is 0 Å². The van der Waals surface area contributed by atoms with E-state index in [4.69, 9.17) is 14.6 Å². The SMILES string of the molecule is COc1ccc2ccc(=O)n(CC(O)C34CCC(NC(=O)O)(CC3)CO4)c2n1. The number of aromatic nitrogens is 2. The van der Waals surface area contributed by atoms with Gasteiger partial charge in [-0.3, -0.25) is 9.36 Å². The summed E-state index contributed by atoms with van der Waals surface area (Å²) in [5.41, 5.74) is -1.20. The van der Waals surface area contributed by atoms with E-state index in [1.807, 2.05) is 6.07 Å². The molecule has 150 valence electrons. The number of nitrogens with one attached hydrogen (secondary N) is 1. The van der Waals surface area contributed by atoms with Gasteiger partial charge in [0, 0.05) is 17.5 Å². The first kappa shape index (κ1) is 18.7. The van der Waals surface area contributed by atoms with Crippen LogP contribution in [0.3, 0.4) is 0 Å². The first-order valence-electron chi connectivity index (χ1n) is 9.24. The molecule has 28 heavy (non-hydrogen) atoms. The predicted molar refractivity (Wildman–Crippen MR) is 99.6 cm³/mol. The zero-order chi connectivity index (χ0) is 19.9. The van der Waals surface area contributed by atoms with Crippen molar-refractivity contribution in [2.24, 2.45) is 0 Å². The molecular formula is C19H23N3O6. The van der Waals surface area contributed by atoms with Gasteiger partial charge in [0.2, 0.25) is 5.88 Å². The van der Waals surface area contributed by atoms with Gasteiger partial charge in [0.15, 0.2) is 0 Å². The molecule has 0 radical (unpaired) electrons. The number of fused-ring (bicyclic) bond motifs is 4. The second-order valence-electron chi connectivity index (χ2n) is 7.63.